The first-order valence-electron chi connectivity index (χ1n) is 5.75. The Morgan fingerprint density at radius 3 is 2.65 bits per heavy atom. The first-order valence-corrected chi connectivity index (χ1v) is 6.16. The second kappa shape index (κ2) is 4.97. The van der Waals surface area contributed by atoms with Gasteiger partial charge in [-0.3, -0.25) is 4.79 Å². The molecule has 0 bridgehead atoms. The second-order valence-electron chi connectivity index (χ2n) is 4.44. The van der Waals surface area contributed by atoms with E-state index in [9.17, 15) is 4.79 Å². The molecule has 94 valence electrons. The first kappa shape index (κ1) is 12.3. The number of amides is 1. The van der Waals surface area contributed by atoms with E-state index in [2.05, 4.69) is 5.10 Å². The molecule has 0 atom stereocenters. The van der Waals surface area contributed by atoms with Crippen LogP contribution >= 0.6 is 12.2 Å². The Kier molecular flexibility index (Phi) is 3.58. The van der Waals surface area contributed by atoms with Crippen LogP contribution in [-0.4, -0.2) is 51.3 Å². The van der Waals surface area contributed by atoms with Crippen LogP contribution in [0.4, 0.5) is 0 Å². The zero-order valence-electron chi connectivity index (χ0n) is 10.2. The number of piperazine rings is 1. The van der Waals surface area contributed by atoms with E-state index in [1.165, 1.54) is 4.90 Å². The summed E-state index contributed by atoms with van der Waals surface area (Å²) < 4.78 is 4.42. The van der Waals surface area contributed by atoms with E-state index < -0.39 is 0 Å². The SMILES string of the molecule is CC(=O)N1CC[NH+](Cn2ncn(C)c2=S)CC1. The van der Waals surface area contributed by atoms with Crippen LogP contribution in [0.5, 0.6) is 0 Å². The Balaban J connectivity index is 1.92. The van der Waals surface area contributed by atoms with E-state index in [1.54, 1.807) is 13.3 Å². The van der Waals surface area contributed by atoms with Gasteiger partial charge in [-0.2, -0.15) is 9.78 Å². The van der Waals surface area contributed by atoms with E-state index in [0.717, 1.165) is 37.6 Å². The molecule has 2 heterocycles. The van der Waals surface area contributed by atoms with Crippen molar-refractivity contribution in [2.24, 2.45) is 7.05 Å². The summed E-state index contributed by atoms with van der Waals surface area (Å²) in [7, 11) is 1.90. The molecular formula is C10H18N5OS+. The van der Waals surface area contributed by atoms with Crippen LogP contribution in [-0.2, 0) is 18.5 Å². The highest BCUT2D eigenvalue weighted by atomic mass is 32.1. The van der Waals surface area contributed by atoms with Crippen LogP contribution in [0.3, 0.4) is 0 Å². The Morgan fingerprint density at radius 2 is 2.18 bits per heavy atom. The van der Waals surface area contributed by atoms with E-state index in [1.807, 2.05) is 21.2 Å². The maximum atomic E-state index is 11.2. The van der Waals surface area contributed by atoms with Crippen LogP contribution < -0.4 is 4.90 Å². The molecule has 0 aromatic carbocycles. The molecule has 7 heteroatoms. The number of nitrogens with zero attached hydrogens (tertiary/aromatic N) is 4. The Bertz CT molecular complexity index is 458. The molecule has 0 aliphatic carbocycles. The molecule has 1 aromatic heterocycles. The number of hydrogen-bond acceptors (Lipinski definition) is 3. The minimum Gasteiger partial charge on any atom is -0.332 e. The van der Waals surface area contributed by atoms with Gasteiger partial charge in [0.25, 0.3) is 0 Å². The first-order chi connectivity index (χ1) is 8.08. The van der Waals surface area contributed by atoms with Crippen LogP contribution in [0, 0.1) is 4.77 Å². The van der Waals surface area contributed by atoms with Crippen LogP contribution in [0.15, 0.2) is 6.33 Å². The Hall–Kier alpha value is -1.21. The average Bonchev–Trinajstić information content (AvgIpc) is 2.62. The van der Waals surface area contributed by atoms with Crippen molar-refractivity contribution >= 4 is 18.1 Å². The normalized spacial score (nSPS) is 17.4. The molecule has 1 saturated heterocycles. The molecule has 0 saturated carbocycles. The fraction of sp³-hybridized carbons (Fsp3) is 0.700. The molecule has 1 fully saturated rings. The Labute approximate surface area is 105 Å². The van der Waals surface area contributed by atoms with Crippen molar-refractivity contribution in [2.45, 2.75) is 13.6 Å². The number of carbonyl (C=O) groups excluding carboxylic acids is 1. The maximum Gasteiger partial charge on any atom is 0.219 e. The van der Waals surface area contributed by atoms with Crippen molar-refractivity contribution in [3.63, 3.8) is 0 Å². The monoisotopic (exact) mass is 256 g/mol. The number of hydrogen-bond donors (Lipinski definition) is 1. The van der Waals surface area contributed by atoms with Crippen molar-refractivity contribution in [1.82, 2.24) is 19.2 Å². The molecule has 0 unspecified atom stereocenters. The third kappa shape index (κ3) is 2.73. The summed E-state index contributed by atoms with van der Waals surface area (Å²) in [5, 5.41) is 4.24. The standard InChI is InChI=1S/C10H17N5OS/c1-9(16)14-5-3-13(4-6-14)8-15-10(17)12(2)7-11-15/h7H,3-6,8H2,1-2H3/p+1. The lowest BCUT2D eigenvalue weighted by molar-refractivity contribution is -0.927. The molecule has 17 heavy (non-hydrogen) atoms. The van der Waals surface area contributed by atoms with Gasteiger partial charge in [-0.15, -0.1) is 0 Å². The fourth-order valence-corrected chi connectivity index (χ4v) is 2.20. The summed E-state index contributed by atoms with van der Waals surface area (Å²) in [6.07, 6.45) is 1.73. The summed E-state index contributed by atoms with van der Waals surface area (Å²) in [6.45, 7) is 5.97. The molecule has 0 spiro atoms. The van der Waals surface area contributed by atoms with Gasteiger partial charge in [-0.1, -0.05) is 0 Å². The van der Waals surface area contributed by atoms with Crippen molar-refractivity contribution < 1.29 is 9.69 Å². The molecule has 1 amide bonds. The second-order valence-corrected chi connectivity index (χ2v) is 4.80. The van der Waals surface area contributed by atoms with Gasteiger partial charge >= 0.3 is 0 Å². The van der Waals surface area contributed by atoms with Gasteiger partial charge in [0.15, 0.2) is 6.67 Å². The minimum atomic E-state index is 0.165. The third-order valence-electron chi connectivity index (χ3n) is 3.18. The number of rotatable bonds is 2. The molecule has 0 radical (unpaired) electrons. The highest BCUT2D eigenvalue weighted by Crippen LogP contribution is 1.91. The molecule has 6 nitrogen and oxygen atoms in total. The summed E-state index contributed by atoms with van der Waals surface area (Å²) in [5.74, 6) is 0.165. The van der Waals surface area contributed by atoms with E-state index in [0.29, 0.717) is 0 Å². The topological polar surface area (TPSA) is 47.5 Å². The summed E-state index contributed by atoms with van der Waals surface area (Å²) >= 11 is 5.25. The smallest absolute Gasteiger partial charge is 0.219 e. The van der Waals surface area contributed by atoms with Gasteiger partial charge in [0.1, 0.15) is 6.33 Å². The molecule has 1 aromatic rings. The maximum absolute atomic E-state index is 11.2. The lowest BCUT2D eigenvalue weighted by Crippen LogP contribution is -3.14. The molecule has 1 N–H and O–H groups in total. The number of nitrogens with one attached hydrogen (secondary N) is 1. The van der Waals surface area contributed by atoms with Crippen LogP contribution in [0.25, 0.3) is 0 Å². The summed E-state index contributed by atoms with van der Waals surface area (Å²) in [5.41, 5.74) is 0. The van der Waals surface area contributed by atoms with Gasteiger partial charge in [0.2, 0.25) is 10.7 Å². The molecule has 1 aliphatic heterocycles. The molecule has 2 rings (SSSR count). The fourth-order valence-electron chi connectivity index (χ4n) is 2.04. The quantitative estimate of drug-likeness (QED) is 0.666. The van der Waals surface area contributed by atoms with Crippen molar-refractivity contribution in [1.29, 1.82) is 0 Å². The van der Waals surface area contributed by atoms with Gasteiger partial charge in [0.05, 0.1) is 26.2 Å². The number of quaternary nitrogens is 1. The molecule has 1 aliphatic rings. The summed E-state index contributed by atoms with van der Waals surface area (Å²) in [4.78, 5) is 14.5. The largest absolute Gasteiger partial charge is 0.332 e. The minimum absolute atomic E-state index is 0.165. The van der Waals surface area contributed by atoms with Crippen molar-refractivity contribution in [2.75, 3.05) is 26.2 Å². The summed E-state index contributed by atoms with van der Waals surface area (Å²) in [6, 6.07) is 0. The van der Waals surface area contributed by atoms with Crippen LogP contribution in [0.1, 0.15) is 6.92 Å². The molecular weight excluding hydrogens is 238 g/mol. The van der Waals surface area contributed by atoms with Crippen LogP contribution in [0.2, 0.25) is 0 Å². The van der Waals surface area contributed by atoms with Gasteiger partial charge < -0.3 is 14.4 Å². The van der Waals surface area contributed by atoms with E-state index in [-0.39, 0.29) is 5.91 Å². The highest BCUT2D eigenvalue weighted by molar-refractivity contribution is 7.71. The number of aryl methyl sites for hydroxylation is 1. The van der Waals surface area contributed by atoms with Crippen molar-refractivity contribution in [3.05, 3.63) is 11.1 Å². The zero-order valence-corrected chi connectivity index (χ0v) is 11.0. The number of carbonyl (C=O) groups is 1. The lowest BCUT2D eigenvalue weighted by Gasteiger charge is -2.31. The van der Waals surface area contributed by atoms with E-state index in [4.69, 9.17) is 12.2 Å². The lowest BCUT2D eigenvalue weighted by atomic mass is 10.3. The highest BCUT2D eigenvalue weighted by Gasteiger charge is 2.21. The third-order valence-corrected chi connectivity index (χ3v) is 3.67. The zero-order chi connectivity index (χ0) is 12.4. The van der Waals surface area contributed by atoms with Crippen molar-refractivity contribution in [3.8, 4) is 0 Å². The predicted octanol–water partition coefficient (Wildman–Crippen LogP) is -1.34. The van der Waals surface area contributed by atoms with Gasteiger partial charge in [-0.25, -0.2) is 0 Å². The average molecular weight is 256 g/mol. The predicted molar refractivity (Wildman–Crippen MR) is 65.0 cm³/mol. The number of aromatic nitrogens is 3. The van der Waals surface area contributed by atoms with E-state index >= 15 is 0 Å². The Morgan fingerprint density at radius 1 is 1.53 bits per heavy atom. The van der Waals surface area contributed by atoms with Gasteiger partial charge in [0, 0.05) is 14.0 Å². The van der Waals surface area contributed by atoms with Gasteiger partial charge in [-0.05, 0) is 12.2 Å².